The van der Waals surface area contributed by atoms with Gasteiger partial charge in [-0.15, -0.1) is 0 Å². The predicted octanol–water partition coefficient (Wildman–Crippen LogP) is 5.30. The molecule has 5 nitrogen and oxygen atoms in total. The first kappa shape index (κ1) is 17.7. The first-order chi connectivity index (χ1) is 14.2. The number of carbonyl (C=O) groups is 1. The molecule has 29 heavy (non-hydrogen) atoms. The highest BCUT2D eigenvalue weighted by Gasteiger charge is 2.13. The number of imidazole rings is 1. The molecule has 0 radical (unpaired) electrons. The molecule has 0 spiro atoms. The van der Waals surface area contributed by atoms with Gasteiger partial charge in [0.1, 0.15) is 5.76 Å². The molecule has 5 rings (SSSR count). The van der Waals surface area contributed by atoms with Crippen LogP contribution >= 0.6 is 11.3 Å². The van der Waals surface area contributed by atoms with E-state index in [-0.39, 0.29) is 5.91 Å². The van der Waals surface area contributed by atoms with Crippen molar-refractivity contribution in [1.29, 1.82) is 0 Å². The van der Waals surface area contributed by atoms with Gasteiger partial charge in [0, 0.05) is 17.3 Å². The molecule has 0 unspecified atom stereocenters. The minimum atomic E-state index is -0.119. The second-order valence-corrected chi connectivity index (χ2v) is 7.88. The topological polar surface area (TPSA) is 59.5 Å². The summed E-state index contributed by atoms with van der Waals surface area (Å²) >= 11 is 1.59. The summed E-state index contributed by atoms with van der Waals surface area (Å²) in [6.07, 6.45) is 4.69. The number of nitrogens with zero attached hydrogens (tertiary/aromatic N) is 2. The Labute approximate surface area is 171 Å². The van der Waals surface area contributed by atoms with Gasteiger partial charge in [-0.1, -0.05) is 42.5 Å². The van der Waals surface area contributed by atoms with E-state index in [1.807, 2.05) is 24.3 Å². The first-order valence-electron chi connectivity index (χ1n) is 9.53. The number of thiazole rings is 1. The molecular formula is C23H19N3O2S. The Morgan fingerprint density at radius 2 is 2.03 bits per heavy atom. The van der Waals surface area contributed by atoms with Gasteiger partial charge in [-0.05, 0) is 42.3 Å². The highest BCUT2D eigenvalue weighted by molar-refractivity contribution is 7.23. The summed E-state index contributed by atoms with van der Waals surface area (Å²) < 4.78 is 8.38. The Hall–Kier alpha value is -3.38. The molecule has 2 aromatic carbocycles. The van der Waals surface area contributed by atoms with Crippen LogP contribution in [0.2, 0.25) is 0 Å². The van der Waals surface area contributed by atoms with E-state index >= 15 is 0 Å². The molecule has 0 bridgehead atoms. The van der Waals surface area contributed by atoms with Gasteiger partial charge in [-0.25, -0.2) is 4.98 Å². The Morgan fingerprint density at radius 1 is 1.17 bits per heavy atom. The molecule has 144 valence electrons. The summed E-state index contributed by atoms with van der Waals surface area (Å²) in [7, 11) is 0. The molecule has 5 aromatic rings. The molecule has 1 amide bonds. The average molecular weight is 401 g/mol. The van der Waals surface area contributed by atoms with Crippen molar-refractivity contribution >= 4 is 32.4 Å². The van der Waals surface area contributed by atoms with E-state index in [4.69, 9.17) is 9.40 Å². The largest absolute Gasteiger partial charge is 0.467 e. The van der Waals surface area contributed by atoms with Crippen LogP contribution in [0.1, 0.15) is 28.6 Å². The van der Waals surface area contributed by atoms with E-state index in [1.54, 1.807) is 23.7 Å². The minimum Gasteiger partial charge on any atom is -0.467 e. The van der Waals surface area contributed by atoms with Gasteiger partial charge in [0.25, 0.3) is 5.91 Å². The van der Waals surface area contributed by atoms with Crippen molar-refractivity contribution in [2.45, 2.75) is 19.9 Å². The molecule has 0 atom stereocenters. The summed E-state index contributed by atoms with van der Waals surface area (Å²) in [5.74, 6) is 0.611. The molecule has 0 aliphatic rings. The van der Waals surface area contributed by atoms with Crippen molar-refractivity contribution < 1.29 is 9.21 Å². The van der Waals surface area contributed by atoms with Crippen LogP contribution < -0.4 is 5.32 Å². The third-order valence-electron chi connectivity index (χ3n) is 5.02. The lowest BCUT2D eigenvalue weighted by Crippen LogP contribution is -2.22. The monoisotopic (exact) mass is 401 g/mol. The highest BCUT2D eigenvalue weighted by atomic mass is 32.1. The van der Waals surface area contributed by atoms with Gasteiger partial charge in [-0.3, -0.25) is 9.20 Å². The fourth-order valence-electron chi connectivity index (χ4n) is 3.38. The molecule has 1 N–H and O–H groups in total. The van der Waals surface area contributed by atoms with E-state index in [9.17, 15) is 4.79 Å². The number of carbonyl (C=O) groups excluding carboxylic acids is 1. The average Bonchev–Trinajstić information content (AvgIpc) is 3.48. The fraction of sp³-hybridized carbons (Fsp3) is 0.130. The Balaban J connectivity index is 1.42. The van der Waals surface area contributed by atoms with Crippen molar-refractivity contribution in [2.75, 3.05) is 0 Å². The number of aryl methyl sites for hydroxylation is 1. The number of fused-ring (bicyclic) bond motifs is 3. The zero-order chi connectivity index (χ0) is 19.8. The molecule has 0 fully saturated rings. The van der Waals surface area contributed by atoms with E-state index < -0.39 is 0 Å². The Morgan fingerprint density at radius 3 is 2.79 bits per heavy atom. The van der Waals surface area contributed by atoms with Crippen molar-refractivity contribution in [3.63, 3.8) is 0 Å². The fourth-order valence-corrected chi connectivity index (χ4v) is 4.42. The smallest absolute Gasteiger partial charge is 0.251 e. The molecule has 3 heterocycles. The van der Waals surface area contributed by atoms with E-state index in [2.05, 4.69) is 47.1 Å². The van der Waals surface area contributed by atoms with Crippen molar-refractivity contribution in [2.24, 2.45) is 0 Å². The summed E-state index contributed by atoms with van der Waals surface area (Å²) in [6.45, 7) is 2.52. The predicted molar refractivity (Wildman–Crippen MR) is 115 cm³/mol. The molecule has 3 aromatic heterocycles. The van der Waals surface area contributed by atoms with Crippen LogP contribution in [-0.4, -0.2) is 15.3 Å². The highest BCUT2D eigenvalue weighted by Crippen LogP contribution is 2.30. The van der Waals surface area contributed by atoms with E-state index in [0.29, 0.717) is 12.1 Å². The number of rotatable bonds is 5. The summed E-state index contributed by atoms with van der Waals surface area (Å²) in [6, 6.07) is 17.9. The summed E-state index contributed by atoms with van der Waals surface area (Å²) in [4.78, 5) is 18.2. The lowest BCUT2D eigenvalue weighted by Gasteiger charge is -2.03. The van der Waals surface area contributed by atoms with Gasteiger partial charge in [-0.2, -0.15) is 0 Å². The molecule has 0 saturated carbocycles. The SMILES string of the molecule is CCc1ccc(-c2cn3c(n2)sc2cc(C(=O)NCc4ccco4)ccc23)cc1. The first-order valence-corrected chi connectivity index (χ1v) is 10.3. The van der Waals surface area contributed by atoms with Gasteiger partial charge in [0.15, 0.2) is 4.96 Å². The number of furan rings is 1. The van der Waals surface area contributed by atoms with Crippen molar-refractivity contribution in [3.8, 4) is 11.3 Å². The third kappa shape index (κ3) is 3.32. The second kappa shape index (κ2) is 7.22. The number of aromatic nitrogens is 2. The van der Waals surface area contributed by atoms with Crippen molar-refractivity contribution in [3.05, 3.63) is 83.9 Å². The normalized spacial score (nSPS) is 11.3. The minimum absolute atomic E-state index is 0.119. The maximum absolute atomic E-state index is 12.5. The maximum Gasteiger partial charge on any atom is 0.251 e. The number of hydrogen-bond donors (Lipinski definition) is 1. The molecule has 0 aliphatic heterocycles. The maximum atomic E-state index is 12.5. The lowest BCUT2D eigenvalue weighted by atomic mass is 10.1. The quantitative estimate of drug-likeness (QED) is 0.435. The van der Waals surface area contributed by atoms with Crippen LogP contribution in [0.15, 0.2) is 71.5 Å². The summed E-state index contributed by atoms with van der Waals surface area (Å²) in [5.41, 5.74) is 5.07. The lowest BCUT2D eigenvalue weighted by molar-refractivity contribution is 0.0948. The van der Waals surface area contributed by atoms with Crippen LogP contribution in [-0.2, 0) is 13.0 Å². The zero-order valence-electron chi connectivity index (χ0n) is 15.9. The Kier molecular flexibility index (Phi) is 4.41. The van der Waals surface area contributed by atoms with E-state index in [0.717, 1.165) is 38.6 Å². The van der Waals surface area contributed by atoms with Crippen LogP contribution in [0.3, 0.4) is 0 Å². The van der Waals surface area contributed by atoms with Crippen molar-refractivity contribution in [1.82, 2.24) is 14.7 Å². The molecule has 0 aliphatic carbocycles. The van der Waals surface area contributed by atoms with Crippen LogP contribution in [0, 0.1) is 0 Å². The molecule has 0 saturated heterocycles. The number of hydrogen-bond acceptors (Lipinski definition) is 4. The van der Waals surface area contributed by atoms with Crippen LogP contribution in [0.25, 0.3) is 26.4 Å². The molecular weight excluding hydrogens is 382 g/mol. The third-order valence-corrected chi connectivity index (χ3v) is 6.04. The Bertz CT molecular complexity index is 1300. The van der Waals surface area contributed by atoms with E-state index in [1.165, 1.54) is 5.56 Å². The molecule has 6 heteroatoms. The summed E-state index contributed by atoms with van der Waals surface area (Å²) in [5, 5.41) is 2.88. The number of nitrogens with one attached hydrogen (secondary N) is 1. The van der Waals surface area contributed by atoms with Crippen LogP contribution in [0.4, 0.5) is 0 Å². The van der Waals surface area contributed by atoms with Gasteiger partial charge in [0.2, 0.25) is 0 Å². The zero-order valence-corrected chi connectivity index (χ0v) is 16.7. The number of amides is 1. The standard InChI is InChI=1S/C23H19N3O2S/c1-2-15-5-7-16(8-6-15)19-14-26-20-10-9-17(12-21(20)29-23(26)25-19)22(27)24-13-18-4-3-11-28-18/h3-12,14H,2,13H2,1H3,(H,24,27). The second-order valence-electron chi connectivity index (χ2n) is 6.88. The van der Waals surface area contributed by atoms with Gasteiger partial charge < -0.3 is 9.73 Å². The number of benzene rings is 2. The van der Waals surface area contributed by atoms with Gasteiger partial charge >= 0.3 is 0 Å². The van der Waals surface area contributed by atoms with Crippen LogP contribution in [0.5, 0.6) is 0 Å². The van der Waals surface area contributed by atoms with Gasteiger partial charge in [0.05, 0.1) is 28.7 Å².